The van der Waals surface area contributed by atoms with Crippen LogP contribution in [0.15, 0.2) is 27.2 Å². The Kier molecular flexibility index (Phi) is 12.3. The number of methoxy groups -OCH3 is 1. The predicted octanol–water partition coefficient (Wildman–Crippen LogP) is 4.62. The standard InChI is InChI=1S/C20H33N5OS2.HI/c1-7-25(8-2)18(16-9-10-27-13-16)11-22-20(21-4)24(5)12-17-14-28-19(23-17)15(3)26-6;/h9-10,13-15,18H,7-8,11-12H2,1-6H3,(H,21,22);1H. The quantitative estimate of drug-likeness (QED) is 0.265. The summed E-state index contributed by atoms with van der Waals surface area (Å²) >= 11 is 3.39. The lowest BCUT2D eigenvalue weighted by Crippen LogP contribution is -2.43. The molecule has 0 aromatic carbocycles. The topological polar surface area (TPSA) is 53.0 Å². The second-order valence-electron chi connectivity index (χ2n) is 6.63. The summed E-state index contributed by atoms with van der Waals surface area (Å²) < 4.78 is 5.36. The average Bonchev–Trinajstić information content (AvgIpc) is 3.39. The third-order valence-electron chi connectivity index (χ3n) is 4.88. The number of ether oxygens (including phenoxy) is 1. The Morgan fingerprint density at radius 3 is 2.59 bits per heavy atom. The van der Waals surface area contributed by atoms with Crippen LogP contribution in [0, 0.1) is 0 Å². The van der Waals surface area contributed by atoms with Crippen LogP contribution in [0.1, 0.15) is 49.2 Å². The lowest BCUT2D eigenvalue weighted by Gasteiger charge is -2.31. The highest BCUT2D eigenvalue weighted by molar-refractivity contribution is 14.0. The van der Waals surface area contributed by atoms with E-state index in [0.29, 0.717) is 12.6 Å². The molecule has 0 fully saturated rings. The van der Waals surface area contributed by atoms with Gasteiger partial charge in [0.15, 0.2) is 5.96 Å². The number of aliphatic imine (C=N–C) groups is 1. The first kappa shape index (κ1) is 26.3. The molecule has 1 N–H and O–H groups in total. The Morgan fingerprint density at radius 1 is 1.31 bits per heavy atom. The second-order valence-corrected chi connectivity index (χ2v) is 8.30. The normalized spacial score (nSPS) is 13.8. The van der Waals surface area contributed by atoms with E-state index in [1.807, 2.05) is 21.0 Å². The summed E-state index contributed by atoms with van der Waals surface area (Å²) in [6, 6.07) is 2.55. The number of guanidine groups is 1. The summed E-state index contributed by atoms with van der Waals surface area (Å²) in [5.74, 6) is 0.877. The summed E-state index contributed by atoms with van der Waals surface area (Å²) in [6.07, 6.45) is 0.0296. The Bertz CT molecular complexity index is 718. The van der Waals surface area contributed by atoms with Gasteiger partial charge in [0.1, 0.15) is 11.1 Å². The zero-order valence-electron chi connectivity index (χ0n) is 18.2. The number of hydrogen-bond acceptors (Lipinski definition) is 6. The van der Waals surface area contributed by atoms with Crippen molar-refractivity contribution in [3.63, 3.8) is 0 Å². The fraction of sp³-hybridized carbons (Fsp3) is 0.600. The van der Waals surface area contributed by atoms with Crippen molar-refractivity contribution in [3.05, 3.63) is 38.5 Å². The molecule has 2 aromatic rings. The van der Waals surface area contributed by atoms with E-state index in [0.717, 1.165) is 36.3 Å². The van der Waals surface area contributed by atoms with Gasteiger partial charge in [-0.2, -0.15) is 11.3 Å². The van der Waals surface area contributed by atoms with Gasteiger partial charge >= 0.3 is 0 Å². The zero-order valence-corrected chi connectivity index (χ0v) is 22.2. The lowest BCUT2D eigenvalue weighted by molar-refractivity contribution is 0.119. The van der Waals surface area contributed by atoms with Gasteiger partial charge in [0.2, 0.25) is 0 Å². The van der Waals surface area contributed by atoms with Crippen molar-refractivity contribution in [2.24, 2.45) is 4.99 Å². The third-order valence-corrected chi connectivity index (χ3v) is 6.63. The van der Waals surface area contributed by atoms with Crippen LogP contribution in [-0.4, -0.2) is 61.6 Å². The fourth-order valence-corrected chi connectivity index (χ4v) is 4.71. The van der Waals surface area contributed by atoms with Crippen LogP contribution in [0.2, 0.25) is 0 Å². The molecular formula is C20H34IN5OS2. The smallest absolute Gasteiger partial charge is 0.193 e. The highest BCUT2D eigenvalue weighted by Crippen LogP contribution is 2.23. The average molecular weight is 552 g/mol. The van der Waals surface area contributed by atoms with E-state index in [2.05, 4.69) is 56.2 Å². The van der Waals surface area contributed by atoms with Gasteiger partial charge in [0.05, 0.1) is 18.3 Å². The number of hydrogen-bond donors (Lipinski definition) is 1. The molecule has 2 atom stereocenters. The summed E-state index contributed by atoms with van der Waals surface area (Å²) in [4.78, 5) is 13.8. The molecule has 2 heterocycles. The predicted molar refractivity (Wildman–Crippen MR) is 136 cm³/mol. The number of nitrogens with zero attached hydrogens (tertiary/aromatic N) is 4. The third kappa shape index (κ3) is 7.46. The van der Waals surface area contributed by atoms with Crippen LogP contribution in [0.25, 0.3) is 0 Å². The number of thiophene rings is 1. The van der Waals surface area contributed by atoms with Crippen LogP contribution < -0.4 is 5.32 Å². The van der Waals surface area contributed by atoms with Crippen molar-refractivity contribution in [1.82, 2.24) is 20.1 Å². The summed E-state index contributed by atoms with van der Waals surface area (Å²) in [5.41, 5.74) is 2.39. The van der Waals surface area contributed by atoms with E-state index >= 15 is 0 Å². The van der Waals surface area contributed by atoms with Crippen molar-refractivity contribution in [1.29, 1.82) is 0 Å². The number of nitrogens with one attached hydrogen (secondary N) is 1. The summed E-state index contributed by atoms with van der Waals surface area (Å²) in [6.45, 7) is 10.0. The van der Waals surface area contributed by atoms with Gasteiger partial charge in [-0.3, -0.25) is 9.89 Å². The maximum absolute atomic E-state index is 5.36. The monoisotopic (exact) mass is 551 g/mol. The van der Waals surface area contributed by atoms with Crippen LogP contribution in [0.5, 0.6) is 0 Å². The van der Waals surface area contributed by atoms with Crippen LogP contribution in [0.4, 0.5) is 0 Å². The van der Waals surface area contributed by atoms with Crippen molar-refractivity contribution in [2.75, 3.05) is 40.8 Å². The van der Waals surface area contributed by atoms with E-state index in [9.17, 15) is 0 Å². The molecular weight excluding hydrogens is 517 g/mol. The van der Waals surface area contributed by atoms with Gasteiger partial charge in [-0.05, 0) is 42.4 Å². The van der Waals surface area contributed by atoms with Gasteiger partial charge in [0, 0.05) is 33.1 Å². The Morgan fingerprint density at radius 2 is 2.03 bits per heavy atom. The number of likely N-dealkylation sites (N-methyl/N-ethyl adjacent to an activating group) is 1. The van der Waals surface area contributed by atoms with E-state index in [-0.39, 0.29) is 30.1 Å². The molecule has 0 saturated carbocycles. The molecule has 2 unspecified atom stereocenters. The van der Waals surface area contributed by atoms with Gasteiger partial charge < -0.3 is 15.0 Å². The number of rotatable bonds is 10. The molecule has 0 radical (unpaired) electrons. The molecule has 0 aliphatic rings. The van der Waals surface area contributed by atoms with E-state index in [1.165, 1.54) is 5.56 Å². The van der Waals surface area contributed by atoms with Crippen molar-refractivity contribution < 1.29 is 4.74 Å². The highest BCUT2D eigenvalue weighted by atomic mass is 127. The first-order valence-electron chi connectivity index (χ1n) is 9.68. The van der Waals surface area contributed by atoms with Crippen LogP contribution >= 0.6 is 46.7 Å². The molecule has 164 valence electrons. The Balaban J connectivity index is 0.00000420. The first-order valence-corrected chi connectivity index (χ1v) is 11.5. The van der Waals surface area contributed by atoms with Gasteiger partial charge in [-0.15, -0.1) is 35.3 Å². The molecule has 2 aromatic heterocycles. The van der Waals surface area contributed by atoms with Crippen molar-refractivity contribution in [2.45, 2.75) is 39.5 Å². The first-order chi connectivity index (χ1) is 13.5. The minimum absolute atomic E-state index is 0. The van der Waals surface area contributed by atoms with Crippen molar-refractivity contribution in [3.8, 4) is 0 Å². The maximum Gasteiger partial charge on any atom is 0.193 e. The van der Waals surface area contributed by atoms with Crippen LogP contribution in [-0.2, 0) is 11.3 Å². The molecule has 0 aliphatic carbocycles. The Hall–Kier alpha value is -0.750. The lowest BCUT2D eigenvalue weighted by atomic mass is 10.1. The van der Waals surface area contributed by atoms with Gasteiger partial charge in [-0.25, -0.2) is 4.98 Å². The molecule has 29 heavy (non-hydrogen) atoms. The largest absolute Gasteiger partial charge is 0.375 e. The maximum atomic E-state index is 5.36. The fourth-order valence-electron chi connectivity index (χ4n) is 3.16. The molecule has 0 saturated heterocycles. The van der Waals surface area contributed by atoms with Gasteiger partial charge in [0.25, 0.3) is 0 Å². The molecule has 0 amide bonds. The molecule has 0 aliphatic heterocycles. The highest BCUT2D eigenvalue weighted by Gasteiger charge is 2.20. The van der Waals surface area contributed by atoms with Crippen molar-refractivity contribution >= 4 is 52.6 Å². The number of aromatic nitrogens is 1. The van der Waals surface area contributed by atoms with Crippen LogP contribution in [0.3, 0.4) is 0 Å². The second kappa shape index (κ2) is 13.5. The number of thiazole rings is 1. The summed E-state index contributed by atoms with van der Waals surface area (Å²) in [7, 11) is 5.59. The summed E-state index contributed by atoms with van der Waals surface area (Å²) in [5, 5.41) is 11.0. The van der Waals surface area contributed by atoms with E-state index < -0.39 is 0 Å². The molecule has 0 spiro atoms. The minimum Gasteiger partial charge on any atom is -0.375 e. The molecule has 0 bridgehead atoms. The minimum atomic E-state index is 0. The molecule has 2 rings (SSSR count). The molecule has 9 heteroatoms. The SMILES string of the molecule is CCN(CC)C(CNC(=NC)N(C)Cc1csc(C(C)OC)n1)c1ccsc1.I. The van der Waals surface area contributed by atoms with E-state index in [4.69, 9.17) is 9.72 Å². The van der Waals surface area contributed by atoms with E-state index in [1.54, 1.807) is 29.8 Å². The number of halogens is 1. The molecule has 6 nitrogen and oxygen atoms in total. The Labute approximate surface area is 200 Å². The van der Waals surface area contributed by atoms with Gasteiger partial charge in [-0.1, -0.05) is 13.8 Å². The zero-order chi connectivity index (χ0) is 20.5.